The van der Waals surface area contributed by atoms with Gasteiger partial charge in [-0.15, -0.1) is 5.10 Å². The molecule has 0 bridgehead atoms. The smallest absolute Gasteiger partial charge is 0.240 e. The highest BCUT2D eigenvalue weighted by atomic mass is 16.5. The molecular weight excluding hydrogens is 322 g/mol. The second-order valence-electron chi connectivity index (χ2n) is 6.10. The number of rotatable bonds is 8. The lowest BCUT2D eigenvalue weighted by Crippen LogP contribution is -2.51. The molecule has 0 saturated carbocycles. The van der Waals surface area contributed by atoms with Gasteiger partial charge in [0.2, 0.25) is 5.91 Å². The Labute approximate surface area is 145 Å². The molecule has 0 saturated heterocycles. The van der Waals surface area contributed by atoms with E-state index in [1.54, 1.807) is 13.8 Å². The van der Waals surface area contributed by atoms with Crippen LogP contribution in [-0.4, -0.2) is 38.3 Å². The van der Waals surface area contributed by atoms with Gasteiger partial charge in [0.05, 0.1) is 24.8 Å². The molecule has 0 fully saturated rings. The molecule has 0 aliphatic carbocycles. The summed E-state index contributed by atoms with van der Waals surface area (Å²) < 4.78 is 7.02. The minimum Gasteiger partial charge on any atom is -0.374 e. The minimum atomic E-state index is -1.06. The van der Waals surface area contributed by atoms with Crippen LogP contribution in [0.5, 0.6) is 0 Å². The van der Waals surface area contributed by atoms with Gasteiger partial charge in [0.25, 0.3) is 0 Å². The molecule has 9 nitrogen and oxygen atoms in total. The largest absolute Gasteiger partial charge is 0.374 e. The van der Waals surface area contributed by atoms with Crippen LogP contribution in [0.1, 0.15) is 31.3 Å². The van der Waals surface area contributed by atoms with Crippen molar-refractivity contribution in [2.24, 2.45) is 5.73 Å². The van der Waals surface area contributed by atoms with Gasteiger partial charge in [0.1, 0.15) is 12.6 Å². The monoisotopic (exact) mass is 343 g/mol. The normalized spacial score (nSPS) is 12.4. The molecule has 0 aliphatic rings. The summed E-state index contributed by atoms with van der Waals surface area (Å²) in [7, 11) is 0. The third-order valence-electron chi connectivity index (χ3n) is 3.38. The molecule has 0 radical (unpaired) electrons. The van der Waals surface area contributed by atoms with Gasteiger partial charge < -0.3 is 15.8 Å². The van der Waals surface area contributed by atoms with Crippen molar-refractivity contribution in [1.82, 2.24) is 25.5 Å². The Hall–Kier alpha value is -2.83. The fraction of sp³-hybridized carbons (Fsp3) is 0.438. The number of hydrogen-bond donors (Lipinski definition) is 2. The highest BCUT2D eigenvalue weighted by Gasteiger charge is 2.28. The number of benzene rings is 1. The first-order valence-electron chi connectivity index (χ1n) is 7.76. The molecule has 1 amide bonds. The van der Waals surface area contributed by atoms with Crippen LogP contribution in [-0.2, 0) is 22.7 Å². The van der Waals surface area contributed by atoms with E-state index >= 15 is 0 Å². The van der Waals surface area contributed by atoms with E-state index in [0.717, 1.165) is 5.56 Å². The van der Waals surface area contributed by atoms with Crippen LogP contribution in [0, 0.1) is 11.3 Å². The molecular formula is C16H21N7O2. The van der Waals surface area contributed by atoms with Crippen molar-refractivity contribution in [3.63, 3.8) is 0 Å². The number of aromatic nitrogens is 4. The van der Waals surface area contributed by atoms with Gasteiger partial charge >= 0.3 is 0 Å². The summed E-state index contributed by atoms with van der Waals surface area (Å²) >= 11 is 0. The van der Waals surface area contributed by atoms with Crippen molar-refractivity contribution in [1.29, 1.82) is 5.26 Å². The third-order valence-corrected chi connectivity index (χ3v) is 3.38. The van der Waals surface area contributed by atoms with Crippen LogP contribution >= 0.6 is 0 Å². The first-order chi connectivity index (χ1) is 11.9. The number of nitrogens with one attached hydrogen (secondary N) is 1. The number of carbonyl (C=O) groups is 1. The molecule has 1 heterocycles. The maximum Gasteiger partial charge on any atom is 0.240 e. The van der Waals surface area contributed by atoms with Crippen molar-refractivity contribution in [3.05, 3.63) is 41.7 Å². The Bertz CT molecular complexity index is 731. The molecule has 2 rings (SSSR count). The zero-order valence-corrected chi connectivity index (χ0v) is 14.2. The molecule has 1 aromatic heterocycles. The summed E-state index contributed by atoms with van der Waals surface area (Å²) in [5.41, 5.74) is 5.77. The Balaban J connectivity index is 2.10. The molecule has 0 unspecified atom stereocenters. The molecule has 3 N–H and O–H groups in total. The van der Waals surface area contributed by atoms with Crippen molar-refractivity contribution >= 4 is 5.91 Å². The second-order valence-corrected chi connectivity index (χ2v) is 6.10. The number of ether oxygens (including phenoxy) is 1. The molecule has 9 heteroatoms. The predicted octanol–water partition coefficient (Wildman–Crippen LogP) is 0.308. The highest BCUT2D eigenvalue weighted by Crippen LogP contribution is 2.13. The quantitative estimate of drug-likeness (QED) is 0.705. The molecule has 1 aromatic carbocycles. The topological polar surface area (TPSA) is 132 Å². The number of amides is 1. The van der Waals surface area contributed by atoms with Gasteiger partial charge in [-0.2, -0.15) is 5.26 Å². The van der Waals surface area contributed by atoms with Crippen LogP contribution in [0.25, 0.3) is 0 Å². The lowest BCUT2D eigenvalue weighted by atomic mass is 10.1. The Morgan fingerprint density at radius 3 is 2.80 bits per heavy atom. The van der Waals surface area contributed by atoms with Gasteiger partial charge in [0.15, 0.2) is 5.82 Å². The average Bonchev–Trinajstić information content (AvgIpc) is 3.02. The average molecular weight is 343 g/mol. The zero-order valence-electron chi connectivity index (χ0n) is 14.2. The van der Waals surface area contributed by atoms with Crippen LogP contribution in [0.3, 0.4) is 0 Å². The molecule has 0 spiro atoms. The van der Waals surface area contributed by atoms with Gasteiger partial charge in [-0.3, -0.25) is 4.79 Å². The van der Waals surface area contributed by atoms with Gasteiger partial charge in [0, 0.05) is 0 Å². The highest BCUT2D eigenvalue weighted by molar-refractivity contribution is 5.85. The van der Waals surface area contributed by atoms with Crippen LogP contribution in [0.4, 0.5) is 0 Å². The maximum atomic E-state index is 12.2. The Kier molecular flexibility index (Phi) is 6.16. The third kappa shape index (κ3) is 5.34. The van der Waals surface area contributed by atoms with E-state index in [1.165, 1.54) is 4.68 Å². The number of nitriles is 1. The standard InChI is InChI=1S/C16H21N7O2/c1-16(2,18)15(24)19-13(14-20-21-22-23(14)9-8-17)11-25-10-12-6-4-3-5-7-12/h3-7,13H,9-11,18H2,1-2H3,(H,19,24)/t13-/m1/s1. The summed E-state index contributed by atoms with van der Waals surface area (Å²) in [4.78, 5) is 12.2. The molecule has 0 aliphatic heterocycles. The van der Waals surface area contributed by atoms with Gasteiger partial charge in [-0.05, 0) is 29.8 Å². The van der Waals surface area contributed by atoms with E-state index in [9.17, 15) is 4.79 Å². The Morgan fingerprint density at radius 2 is 2.16 bits per heavy atom. The van der Waals surface area contributed by atoms with E-state index in [-0.39, 0.29) is 19.1 Å². The number of nitrogens with two attached hydrogens (primary N) is 1. The Morgan fingerprint density at radius 1 is 1.44 bits per heavy atom. The van der Waals surface area contributed by atoms with Gasteiger partial charge in [-0.1, -0.05) is 30.3 Å². The summed E-state index contributed by atoms with van der Waals surface area (Å²) in [5.74, 6) is -0.0282. The van der Waals surface area contributed by atoms with Crippen LogP contribution in [0.15, 0.2) is 30.3 Å². The number of hydrogen-bond acceptors (Lipinski definition) is 7. The van der Waals surface area contributed by atoms with Crippen LogP contribution < -0.4 is 11.1 Å². The van der Waals surface area contributed by atoms with E-state index in [0.29, 0.717) is 12.4 Å². The maximum absolute atomic E-state index is 12.2. The number of nitrogens with zero attached hydrogens (tertiary/aromatic N) is 5. The number of carbonyl (C=O) groups excluding carboxylic acids is 1. The predicted molar refractivity (Wildman–Crippen MR) is 88.7 cm³/mol. The van der Waals surface area contributed by atoms with Crippen molar-refractivity contribution in [2.75, 3.05) is 6.61 Å². The van der Waals surface area contributed by atoms with E-state index in [4.69, 9.17) is 15.7 Å². The zero-order chi connectivity index (χ0) is 18.3. The summed E-state index contributed by atoms with van der Waals surface area (Å²) in [6.07, 6.45) is 0. The first-order valence-corrected chi connectivity index (χ1v) is 7.76. The summed E-state index contributed by atoms with van der Waals surface area (Å²) in [6, 6.07) is 11.0. The molecule has 132 valence electrons. The molecule has 1 atom stereocenters. The molecule has 2 aromatic rings. The second kappa shape index (κ2) is 8.32. The SMILES string of the molecule is CC(C)(N)C(=O)N[C@H](COCc1ccccc1)c1nnnn1CC#N. The lowest BCUT2D eigenvalue weighted by Gasteiger charge is -2.23. The fourth-order valence-corrected chi connectivity index (χ4v) is 2.03. The van der Waals surface area contributed by atoms with Crippen molar-refractivity contribution in [2.45, 2.75) is 38.6 Å². The van der Waals surface area contributed by atoms with Crippen LogP contribution in [0.2, 0.25) is 0 Å². The summed E-state index contributed by atoms with van der Waals surface area (Å²) in [6.45, 7) is 3.69. The minimum absolute atomic E-state index is 0.0284. The lowest BCUT2D eigenvalue weighted by molar-refractivity contribution is -0.126. The fourth-order valence-electron chi connectivity index (χ4n) is 2.03. The van der Waals surface area contributed by atoms with Crippen molar-refractivity contribution < 1.29 is 9.53 Å². The van der Waals surface area contributed by atoms with E-state index in [1.807, 2.05) is 36.4 Å². The van der Waals surface area contributed by atoms with E-state index < -0.39 is 11.6 Å². The molecule has 25 heavy (non-hydrogen) atoms. The van der Waals surface area contributed by atoms with Crippen molar-refractivity contribution in [3.8, 4) is 6.07 Å². The van der Waals surface area contributed by atoms with E-state index in [2.05, 4.69) is 20.8 Å². The summed E-state index contributed by atoms with van der Waals surface area (Å²) in [5, 5.41) is 22.9. The first kappa shape index (κ1) is 18.5. The number of tetrazole rings is 1. The van der Waals surface area contributed by atoms with Gasteiger partial charge in [-0.25, -0.2) is 4.68 Å².